The van der Waals surface area contributed by atoms with Crippen molar-refractivity contribution in [3.63, 3.8) is 0 Å². The SMILES string of the molecule is CC1(C)[C@@H]2C[C@H]3OB([C@@H](CC(=O)C(Cc4ccccc4)NS(C)(=O)=O)CC4CC4)O[C@@]3(C)[C@H]1C2. The van der Waals surface area contributed by atoms with E-state index in [4.69, 9.17) is 9.31 Å². The summed E-state index contributed by atoms with van der Waals surface area (Å²) in [6.45, 7) is 6.90. The molecule has 0 amide bonds. The van der Waals surface area contributed by atoms with Crippen LogP contribution in [0.3, 0.4) is 0 Å². The van der Waals surface area contributed by atoms with Gasteiger partial charge >= 0.3 is 7.12 Å². The maximum absolute atomic E-state index is 13.5. The van der Waals surface area contributed by atoms with E-state index in [0.29, 0.717) is 24.2 Å². The number of nitrogens with one attached hydrogen (secondary N) is 1. The van der Waals surface area contributed by atoms with E-state index in [-0.39, 0.29) is 35.1 Å². The second-order valence-corrected chi connectivity index (χ2v) is 13.9. The fourth-order valence-electron chi connectivity index (χ4n) is 6.90. The Morgan fingerprint density at radius 2 is 1.88 bits per heavy atom. The van der Waals surface area contributed by atoms with E-state index in [9.17, 15) is 13.2 Å². The molecular weight excluding hydrogens is 449 g/mol. The monoisotopic (exact) mass is 487 g/mol. The van der Waals surface area contributed by atoms with Crippen LogP contribution in [0.2, 0.25) is 5.82 Å². The molecule has 1 aliphatic heterocycles. The van der Waals surface area contributed by atoms with Crippen LogP contribution in [-0.4, -0.2) is 45.3 Å². The highest BCUT2D eigenvalue weighted by Crippen LogP contribution is 2.66. The van der Waals surface area contributed by atoms with Crippen molar-refractivity contribution >= 4 is 22.9 Å². The van der Waals surface area contributed by atoms with Crippen LogP contribution in [-0.2, 0) is 30.5 Å². The van der Waals surface area contributed by atoms with Gasteiger partial charge in [0.15, 0.2) is 5.78 Å². The van der Waals surface area contributed by atoms with Crippen LogP contribution in [0.25, 0.3) is 0 Å². The number of hydrogen-bond donors (Lipinski definition) is 1. The van der Waals surface area contributed by atoms with Gasteiger partial charge in [-0.2, -0.15) is 0 Å². The summed E-state index contributed by atoms with van der Waals surface area (Å²) in [4.78, 5) is 13.5. The summed E-state index contributed by atoms with van der Waals surface area (Å²) in [5.41, 5.74) is 0.901. The van der Waals surface area contributed by atoms with Gasteiger partial charge in [0.2, 0.25) is 10.0 Å². The molecule has 1 heterocycles. The number of carbonyl (C=O) groups is 1. The Morgan fingerprint density at radius 1 is 1.18 bits per heavy atom. The molecule has 4 aliphatic carbocycles. The molecule has 1 unspecified atom stereocenters. The van der Waals surface area contributed by atoms with E-state index >= 15 is 0 Å². The maximum Gasteiger partial charge on any atom is 0.461 e. The van der Waals surface area contributed by atoms with Gasteiger partial charge in [-0.05, 0) is 61.3 Å². The summed E-state index contributed by atoms with van der Waals surface area (Å²) < 4.78 is 40.0. The number of hydrogen-bond acceptors (Lipinski definition) is 5. The maximum atomic E-state index is 13.5. The Morgan fingerprint density at radius 3 is 2.50 bits per heavy atom. The van der Waals surface area contributed by atoms with Gasteiger partial charge in [-0.3, -0.25) is 4.79 Å². The normalized spacial score (nSPS) is 33.6. The lowest BCUT2D eigenvalue weighted by Gasteiger charge is -2.64. The van der Waals surface area contributed by atoms with E-state index in [1.165, 1.54) is 19.3 Å². The summed E-state index contributed by atoms with van der Waals surface area (Å²) in [5, 5.41) is 0. The first kappa shape index (κ1) is 24.5. The molecule has 8 heteroatoms. The van der Waals surface area contributed by atoms with Gasteiger partial charge in [0.05, 0.1) is 24.0 Å². The molecule has 6 rings (SSSR count). The highest BCUT2D eigenvalue weighted by Gasteiger charge is 2.68. The lowest BCUT2D eigenvalue weighted by atomic mass is 9.43. The van der Waals surface area contributed by atoms with Crippen molar-refractivity contribution in [3.05, 3.63) is 35.9 Å². The van der Waals surface area contributed by atoms with Gasteiger partial charge in [0.1, 0.15) is 0 Å². The number of rotatable bonds is 10. The first-order valence-electron chi connectivity index (χ1n) is 12.8. The van der Waals surface area contributed by atoms with E-state index in [2.05, 4.69) is 25.5 Å². The third-order valence-corrected chi connectivity index (χ3v) is 9.89. The lowest BCUT2D eigenvalue weighted by Crippen LogP contribution is -2.65. The van der Waals surface area contributed by atoms with Crippen molar-refractivity contribution in [1.29, 1.82) is 0 Å². The lowest BCUT2D eigenvalue weighted by molar-refractivity contribution is -0.199. The van der Waals surface area contributed by atoms with Crippen LogP contribution in [0.4, 0.5) is 0 Å². The zero-order valence-electron chi connectivity index (χ0n) is 20.8. The number of benzene rings is 1. The van der Waals surface area contributed by atoms with E-state index in [0.717, 1.165) is 24.7 Å². The van der Waals surface area contributed by atoms with Gasteiger partial charge in [-0.25, -0.2) is 13.1 Å². The number of sulfonamides is 1. The summed E-state index contributed by atoms with van der Waals surface area (Å²) in [6, 6.07) is 8.79. The van der Waals surface area contributed by atoms with Crippen LogP contribution in [0.5, 0.6) is 0 Å². The van der Waals surface area contributed by atoms with Crippen LogP contribution < -0.4 is 4.72 Å². The predicted octanol–water partition coefficient (Wildman–Crippen LogP) is 4.00. The molecule has 1 aromatic rings. The molecule has 4 saturated carbocycles. The second kappa shape index (κ2) is 8.72. The molecule has 1 saturated heterocycles. The molecule has 5 aliphatic rings. The van der Waals surface area contributed by atoms with Gasteiger partial charge in [0.25, 0.3) is 0 Å². The van der Waals surface area contributed by atoms with Gasteiger partial charge in [0, 0.05) is 12.2 Å². The van der Waals surface area contributed by atoms with Crippen molar-refractivity contribution in [1.82, 2.24) is 4.72 Å². The summed E-state index contributed by atoms with van der Waals surface area (Å²) in [6.07, 6.45) is 7.29. The van der Waals surface area contributed by atoms with E-state index in [1.54, 1.807) is 0 Å². The van der Waals surface area contributed by atoms with E-state index in [1.807, 2.05) is 30.3 Å². The third-order valence-electron chi connectivity index (χ3n) is 9.18. The summed E-state index contributed by atoms with van der Waals surface area (Å²) in [5.74, 6) is 1.62. The largest absolute Gasteiger partial charge is 0.461 e. The molecule has 6 nitrogen and oxygen atoms in total. The van der Waals surface area contributed by atoms with E-state index < -0.39 is 23.2 Å². The van der Waals surface area contributed by atoms with Crippen LogP contribution in [0.15, 0.2) is 30.3 Å². The molecule has 34 heavy (non-hydrogen) atoms. The molecule has 0 spiro atoms. The van der Waals surface area contributed by atoms with Crippen LogP contribution in [0.1, 0.15) is 64.9 Å². The van der Waals surface area contributed by atoms with Crippen LogP contribution >= 0.6 is 0 Å². The average Bonchev–Trinajstić information content (AvgIpc) is 3.49. The highest BCUT2D eigenvalue weighted by molar-refractivity contribution is 7.88. The fourth-order valence-corrected chi connectivity index (χ4v) is 7.64. The Kier molecular flexibility index (Phi) is 6.28. The zero-order chi connectivity index (χ0) is 24.3. The van der Waals surface area contributed by atoms with Crippen molar-refractivity contribution < 1.29 is 22.5 Å². The number of Topliss-reactive ketones (excluding diaryl/α,β-unsaturated/α-hetero) is 1. The van der Waals surface area contributed by atoms with Crippen molar-refractivity contribution in [3.8, 4) is 0 Å². The highest BCUT2D eigenvalue weighted by atomic mass is 32.2. The Hall–Kier alpha value is -1.22. The van der Waals surface area contributed by atoms with Crippen LogP contribution in [0, 0.1) is 23.2 Å². The fraction of sp³-hybridized carbons (Fsp3) is 0.731. The number of carbonyl (C=O) groups excluding carboxylic acids is 1. The molecule has 5 fully saturated rings. The zero-order valence-corrected chi connectivity index (χ0v) is 21.6. The van der Waals surface area contributed by atoms with Gasteiger partial charge in [-0.15, -0.1) is 0 Å². The summed E-state index contributed by atoms with van der Waals surface area (Å²) in [7, 11) is -3.93. The average molecular weight is 487 g/mol. The van der Waals surface area contributed by atoms with Crippen molar-refractivity contribution in [2.75, 3.05) is 6.26 Å². The Balaban J connectivity index is 1.32. The second-order valence-electron chi connectivity index (χ2n) is 12.1. The molecule has 6 atom stereocenters. The molecule has 186 valence electrons. The molecule has 1 N–H and O–H groups in total. The Bertz CT molecular complexity index is 1030. The third kappa shape index (κ3) is 4.76. The topological polar surface area (TPSA) is 81.7 Å². The molecule has 2 bridgehead atoms. The number of ketones is 1. The smallest absolute Gasteiger partial charge is 0.405 e. The Labute approximate surface area is 204 Å². The first-order chi connectivity index (χ1) is 16.0. The minimum absolute atomic E-state index is 0.0534. The molecule has 0 aromatic heterocycles. The molecule has 0 radical (unpaired) electrons. The van der Waals surface area contributed by atoms with Crippen molar-refractivity contribution in [2.45, 2.75) is 89.3 Å². The quantitative estimate of drug-likeness (QED) is 0.505. The minimum Gasteiger partial charge on any atom is -0.405 e. The first-order valence-corrected chi connectivity index (χ1v) is 14.7. The minimum atomic E-state index is -3.53. The standard InChI is InChI=1S/C26H38BNO5S/c1-25(2)19-14-23(25)26(3)24(15-19)32-27(33-26)20(12-18-10-11-18)16-22(29)21(28-34(4,30)31)13-17-8-6-5-7-9-17/h5-9,18-21,23-24,28H,10-16H2,1-4H3/t19-,20+,21?,23-,24+,26-/m0/s1. The van der Waals surface area contributed by atoms with Gasteiger partial charge in [-0.1, -0.05) is 57.0 Å². The van der Waals surface area contributed by atoms with Gasteiger partial charge < -0.3 is 9.31 Å². The predicted molar refractivity (Wildman–Crippen MR) is 133 cm³/mol. The summed E-state index contributed by atoms with van der Waals surface area (Å²) >= 11 is 0. The molecule has 1 aromatic carbocycles. The molecular formula is C26H38BNO5S. The van der Waals surface area contributed by atoms with Crippen molar-refractivity contribution in [2.24, 2.45) is 23.2 Å².